The fraction of sp³-hybridized carbons (Fsp3) is 0.312. The Kier molecular flexibility index (Phi) is 4.73. The Hall–Kier alpha value is -2.84. The van der Waals surface area contributed by atoms with Crippen LogP contribution in [0.15, 0.2) is 42.9 Å². The molecule has 1 fully saturated rings. The molecule has 1 atom stereocenters. The van der Waals surface area contributed by atoms with Gasteiger partial charge in [0.05, 0.1) is 18.3 Å². The number of carbonyl (C=O) groups is 1. The Labute approximate surface area is 141 Å². The predicted octanol–water partition coefficient (Wildman–Crippen LogP) is 3.18. The molecule has 1 saturated heterocycles. The first-order valence-electron chi connectivity index (χ1n) is 7.58. The average molecular weight is 352 g/mol. The Bertz CT molecular complexity index is 740. The number of hydrogen-bond acceptors (Lipinski definition) is 4. The molecule has 1 aromatic carbocycles. The van der Waals surface area contributed by atoms with Crippen molar-refractivity contribution in [3.8, 4) is 5.88 Å². The summed E-state index contributed by atoms with van der Waals surface area (Å²) >= 11 is 0. The lowest BCUT2D eigenvalue weighted by Crippen LogP contribution is -2.34. The quantitative estimate of drug-likeness (QED) is 0.921. The highest BCUT2D eigenvalue weighted by molar-refractivity contribution is 5.89. The molecule has 0 aliphatic carbocycles. The summed E-state index contributed by atoms with van der Waals surface area (Å²) in [6.45, 7) is 0.761. The molecule has 0 spiro atoms. The number of alkyl halides is 3. The van der Waals surface area contributed by atoms with E-state index in [0.717, 1.165) is 12.1 Å². The van der Waals surface area contributed by atoms with Crippen LogP contribution in [0.5, 0.6) is 5.88 Å². The summed E-state index contributed by atoms with van der Waals surface area (Å²) in [6.07, 6.45) is 0.421. The minimum Gasteiger partial charge on any atom is -0.471 e. The number of nitrogens with one attached hydrogen (secondary N) is 1. The van der Waals surface area contributed by atoms with Crippen molar-refractivity contribution in [3.63, 3.8) is 0 Å². The number of amides is 2. The molecule has 1 aromatic heterocycles. The van der Waals surface area contributed by atoms with Gasteiger partial charge < -0.3 is 15.0 Å². The van der Waals surface area contributed by atoms with Crippen molar-refractivity contribution in [2.75, 3.05) is 18.4 Å². The van der Waals surface area contributed by atoms with Crippen LogP contribution in [0.2, 0.25) is 0 Å². The van der Waals surface area contributed by atoms with Gasteiger partial charge in [-0.2, -0.15) is 13.2 Å². The molecule has 132 valence electrons. The zero-order chi connectivity index (χ0) is 17.9. The molecule has 25 heavy (non-hydrogen) atoms. The lowest BCUT2D eigenvalue weighted by Gasteiger charge is -2.18. The molecule has 1 unspecified atom stereocenters. The first-order chi connectivity index (χ1) is 11.9. The molecule has 1 aliphatic rings. The maximum absolute atomic E-state index is 12.7. The van der Waals surface area contributed by atoms with Crippen molar-refractivity contribution in [2.24, 2.45) is 0 Å². The second kappa shape index (κ2) is 6.96. The van der Waals surface area contributed by atoms with Gasteiger partial charge >= 0.3 is 12.2 Å². The van der Waals surface area contributed by atoms with Crippen LogP contribution >= 0.6 is 0 Å². The average Bonchev–Trinajstić information content (AvgIpc) is 3.04. The highest BCUT2D eigenvalue weighted by atomic mass is 19.4. The molecule has 1 N–H and O–H groups in total. The van der Waals surface area contributed by atoms with Crippen molar-refractivity contribution in [1.29, 1.82) is 0 Å². The summed E-state index contributed by atoms with van der Waals surface area (Å²) in [7, 11) is 0. The maximum Gasteiger partial charge on any atom is 0.416 e. The number of carbonyl (C=O) groups excluding carboxylic acids is 1. The summed E-state index contributed by atoms with van der Waals surface area (Å²) in [5.41, 5.74) is -0.714. The lowest BCUT2D eigenvalue weighted by atomic mass is 10.2. The number of urea groups is 1. The van der Waals surface area contributed by atoms with Crippen LogP contribution in [0.4, 0.5) is 23.7 Å². The molecule has 3 rings (SSSR count). The Morgan fingerprint density at radius 3 is 2.88 bits per heavy atom. The first-order valence-corrected chi connectivity index (χ1v) is 7.58. The van der Waals surface area contributed by atoms with E-state index in [9.17, 15) is 18.0 Å². The molecule has 0 bridgehead atoms. The van der Waals surface area contributed by atoms with Crippen LogP contribution in [0.1, 0.15) is 12.0 Å². The normalized spacial score (nSPS) is 17.4. The maximum atomic E-state index is 12.7. The second-order valence-corrected chi connectivity index (χ2v) is 5.53. The van der Waals surface area contributed by atoms with E-state index >= 15 is 0 Å². The van der Waals surface area contributed by atoms with Gasteiger partial charge in [-0.05, 0) is 18.2 Å². The van der Waals surface area contributed by atoms with Gasteiger partial charge in [0.15, 0.2) is 0 Å². The van der Waals surface area contributed by atoms with Crippen LogP contribution in [-0.4, -0.2) is 40.1 Å². The summed E-state index contributed by atoms with van der Waals surface area (Å²) < 4.78 is 43.8. The number of benzene rings is 1. The molecule has 0 radical (unpaired) electrons. The van der Waals surface area contributed by atoms with E-state index in [0.29, 0.717) is 25.4 Å². The Morgan fingerprint density at radius 2 is 2.16 bits per heavy atom. The molecule has 2 heterocycles. The number of ether oxygens (including phenoxy) is 1. The number of likely N-dealkylation sites (tertiary alicyclic amines) is 1. The summed E-state index contributed by atoms with van der Waals surface area (Å²) in [6, 6.07) is 4.06. The van der Waals surface area contributed by atoms with Crippen molar-refractivity contribution in [3.05, 3.63) is 48.4 Å². The monoisotopic (exact) mass is 352 g/mol. The molecule has 1 aliphatic heterocycles. The molecule has 9 heteroatoms. The van der Waals surface area contributed by atoms with E-state index in [1.54, 1.807) is 0 Å². The topological polar surface area (TPSA) is 67.4 Å². The third-order valence-corrected chi connectivity index (χ3v) is 3.70. The molecular weight excluding hydrogens is 337 g/mol. The zero-order valence-corrected chi connectivity index (χ0v) is 13.0. The minimum atomic E-state index is -4.45. The van der Waals surface area contributed by atoms with Crippen molar-refractivity contribution < 1.29 is 22.7 Å². The number of nitrogens with zero attached hydrogens (tertiary/aromatic N) is 3. The van der Waals surface area contributed by atoms with E-state index in [1.807, 2.05) is 0 Å². The van der Waals surface area contributed by atoms with Crippen LogP contribution in [0.3, 0.4) is 0 Å². The van der Waals surface area contributed by atoms with Crippen LogP contribution in [0, 0.1) is 0 Å². The number of aromatic nitrogens is 2. The fourth-order valence-corrected chi connectivity index (χ4v) is 2.50. The van der Waals surface area contributed by atoms with Gasteiger partial charge in [0.2, 0.25) is 5.88 Å². The Morgan fingerprint density at radius 1 is 1.32 bits per heavy atom. The van der Waals surface area contributed by atoms with E-state index in [4.69, 9.17) is 4.74 Å². The van der Waals surface area contributed by atoms with E-state index in [1.165, 1.54) is 35.6 Å². The predicted molar refractivity (Wildman–Crippen MR) is 83.1 cm³/mol. The van der Waals surface area contributed by atoms with E-state index in [2.05, 4.69) is 15.3 Å². The molecule has 6 nitrogen and oxygen atoms in total. The largest absolute Gasteiger partial charge is 0.471 e. The summed E-state index contributed by atoms with van der Waals surface area (Å²) in [5, 5.41) is 2.48. The zero-order valence-electron chi connectivity index (χ0n) is 13.0. The lowest BCUT2D eigenvalue weighted by molar-refractivity contribution is -0.137. The van der Waals surface area contributed by atoms with Gasteiger partial charge in [0, 0.05) is 31.0 Å². The number of rotatable bonds is 3. The number of hydrogen-bond donors (Lipinski definition) is 1. The van der Waals surface area contributed by atoms with E-state index < -0.39 is 17.8 Å². The van der Waals surface area contributed by atoms with Gasteiger partial charge in [-0.15, -0.1) is 0 Å². The third-order valence-electron chi connectivity index (χ3n) is 3.70. The van der Waals surface area contributed by atoms with Crippen molar-refractivity contribution >= 4 is 11.7 Å². The third kappa shape index (κ3) is 4.37. The van der Waals surface area contributed by atoms with Crippen LogP contribution < -0.4 is 10.1 Å². The van der Waals surface area contributed by atoms with Gasteiger partial charge in [-0.1, -0.05) is 6.07 Å². The van der Waals surface area contributed by atoms with Crippen molar-refractivity contribution in [2.45, 2.75) is 18.7 Å². The second-order valence-electron chi connectivity index (χ2n) is 5.53. The number of anilines is 1. The van der Waals surface area contributed by atoms with Gasteiger partial charge in [-0.25, -0.2) is 9.78 Å². The molecule has 0 saturated carbocycles. The van der Waals surface area contributed by atoms with Crippen molar-refractivity contribution in [1.82, 2.24) is 14.9 Å². The van der Waals surface area contributed by atoms with E-state index in [-0.39, 0.29) is 11.8 Å². The Balaban J connectivity index is 1.58. The van der Waals surface area contributed by atoms with Gasteiger partial charge in [0.25, 0.3) is 0 Å². The first kappa shape index (κ1) is 17.0. The highest BCUT2D eigenvalue weighted by Crippen LogP contribution is 2.30. The van der Waals surface area contributed by atoms with Gasteiger partial charge in [0.1, 0.15) is 6.10 Å². The smallest absolute Gasteiger partial charge is 0.416 e. The SMILES string of the molecule is O=C(Nc1cccc(C(F)(F)F)c1)N1CCC(Oc2cnccn2)C1. The number of halogens is 3. The highest BCUT2D eigenvalue weighted by Gasteiger charge is 2.31. The standard InChI is InChI=1S/C16H15F3N4O2/c17-16(18,19)11-2-1-3-12(8-11)22-15(24)23-7-4-13(10-23)25-14-9-20-5-6-21-14/h1-3,5-6,8-9,13H,4,7,10H2,(H,22,24). The minimum absolute atomic E-state index is 0.0955. The molecular formula is C16H15F3N4O2. The summed E-state index contributed by atoms with van der Waals surface area (Å²) in [4.78, 5) is 21.6. The fourth-order valence-electron chi connectivity index (χ4n) is 2.50. The van der Waals surface area contributed by atoms with Crippen LogP contribution in [-0.2, 0) is 6.18 Å². The van der Waals surface area contributed by atoms with Gasteiger partial charge in [-0.3, -0.25) is 4.98 Å². The molecule has 2 amide bonds. The summed E-state index contributed by atoms with van der Waals surface area (Å²) in [5.74, 6) is 0.368. The molecule has 2 aromatic rings. The van der Waals surface area contributed by atoms with Crippen LogP contribution in [0.25, 0.3) is 0 Å².